The van der Waals surface area contributed by atoms with Crippen LogP contribution in [0.3, 0.4) is 0 Å². The second kappa shape index (κ2) is 7.92. The molecule has 1 unspecified atom stereocenters. The molecule has 138 valence electrons. The maximum absolute atomic E-state index is 13.6. The smallest absolute Gasteiger partial charge is 0.133 e. The minimum absolute atomic E-state index is 0.219. The summed E-state index contributed by atoms with van der Waals surface area (Å²) in [5, 5.41) is 0. The van der Waals surface area contributed by atoms with Crippen LogP contribution in [0.2, 0.25) is 0 Å². The summed E-state index contributed by atoms with van der Waals surface area (Å²) in [6.07, 6.45) is 6.42. The van der Waals surface area contributed by atoms with Crippen LogP contribution in [0.1, 0.15) is 35.8 Å². The molecule has 3 heterocycles. The molecule has 5 heteroatoms. The Hall–Kier alpha value is -2.66. The molecular formula is C22H23FN4. The summed E-state index contributed by atoms with van der Waals surface area (Å²) >= 11 is 0. The summed E-state index contributed by atoms with van der Waals surface area (Å²) < 4.78 is 13.6. The highest BCUT2D eigenvalue weighted by atomic mass is 19.1. The van der Waals surface area contributed by atoms with Gasteiger partial charge in [-0.15, -0.1) is 0 Å². The molecule has 27 heavy (non-hydrogen) atoms. The van der Waals surface area contributed by atoms with Crippen molar-refractivity contribution in [1.29, 1.82) is 0 Å². The second-order valence-corrected chi connectivity index (χ2v) is 7.25. The van der Waals surface area contributed by atoms with Crippen LogP contribution in [-0.2, 0) is 6.42 Å². The van der Waals surface area contributed by atoms with E-state index in [1.165, 1.54) is 6.07 Å². The van der Waals surface area contributed by atoms with E-state index >= 15 is 0 Å². The van der Waals surface area contributed by atoms with Gasteiger partial charge >= 0.3 is 0 Å². The van der Waals surface area contributed by atoms with E-state index in [9.17, 15) is 4.39 Å². The third-order valence-electron chi connectivity index (χ3n) is 5.02. The number of pyridine rings is 1. The molecule has 1 aliphatic rings. The van der Waals surface area contributed by atoms with Gasteiger partial charge in [0.05, 0.1) is 5.69 Å². The summed E-state index contributed by atoms with van der Waals surface area (Å²) in [6, 6.07) is 12.6. The van der Waals surface area contributed by atoms with Crippen molar-refractivity contribution in [2.24, 2.45) is 0 Å². The van der Waals surface area contributed by atoms with Crippen molar-refractivity contribution in [3.8, 4) is 11.3 Å². The standard InChI is InChI=1S/C22H23FN4/c1-27-10-4-7-18(15-27)22-25-20(12-16-5-2-8-19(23)11-16)13-21(26-22)17-6-3-9-24-14-17/h2-3,5-6,8-9,11,13-14,18H,4,7,10,12,15H2,1H3. The maximum Gasteiger partial charge on any atom is 0.133 e. The largest absolute Gasteiger partial charge is 0.306 e. The molecule has 0 aliphatic carbocycles. The van der Waals surface area contributed by atoms with Gasteiger partial charge in [0.1, 0.15) is 11.6 Å². The average Bonchev–Trinajstić information content (AvgIpc) is 2.68. The second-order valence-electron chi connectivity index (χ2n) is 7.25. The van der Waals surface area contributed by atoms with Gasteiger partial charge in [-0.2, -0.15) is 0 Å². The maximum atomic E-state index is 13.6. The Bertz CT molecular complexity index is 913. The van der Waals surface area contributed by atoms with Gasteiger partial charge in [-0.3, -0.25) is 4.98 Å². The van der Waals surface area contributed by atoms with Crippen LogP contribution in [-0.4, -0.2) is 40.0 Å². The van der Waals surface area contributed by atoms with E-state index < -0.39 is 0 Å². The molecule has 0 amide bonds. The number of likely N-dealkylation sites (N-methyl/N-ethyl adjacent to an activating group) is 1. The number of hydrogen-bond acceptors (Lipinski definition) is 4. The van der Waals surface area contributed by atoms with Crippen molar-refractivity contribution < 1.29 is 4.39 Å². The molecular weight excluding hydrogens is 339 g/mol. The summed E-state index contributed by atoms with van der Waals surface area (Å²) in [5.41, 5.74) is 3.69. The fourth-order valence-corrected chi connectivity index (χ4v) is 3.69. The summed E-state index contributed by atoms with van der Waals surface area (Å²) in [7, 11) is 2.14. The molecule has 2 aromatic heterocycles. The highest BCUT2D eigenvalue weighted by Crippen LogP contribution is 2.27. The van der Waals surface area contributed by atoms with Gasteiger partial charge in [-0.25, -0.2) is 14.4 Å². The first-order valence-corrected chi connectivity index (χ1v) is 9.38. The molecule has 0 N–H and O–H groups in total. The predicted octanol–water partition coefficient (Wildman–Crippen LogP) is 4.08. The van der Waals surface area contributed by atoms with Crippen molar-refractivity contribution in [3.05, 3.63) is 77.8 Å². The molecule has 1 aliphatic heterocycles. The number of benzene rings is 1. The first-order valence-electron chi connectivity index (χ1n) is 9.38. The molecule has 0 bridgehead atoms. The fourth-order valence-electron chi connectivity index (χ4n) is 3.69. The van der Waals surface area contributed by atoms with E-state index in [-0.39, 0.29) is 5.82 Å². The Labute approximate surface area is 159 Å². The predicted molar refractivity (Wildman–Crippen MR) is 104 cm³/mol. The summed E-state index contributed by atoms with van der Waals surface area (Å²) in [6.45, 7) is 2.09. The van der Waals surface area contributed by atoms with Crippen molar-refractivity contribution in [3.63, 3.8) is 0 Å². The molecule has 3 aromatic rings. The fraction of sp³-hybridized carbons (Fsp3) is 0.318. The topological polar surface area (TPSA) is 41.9 Å². The van der Waals surface area contributed by atoms with E-state index in [1.54, 1.807) is 18.3 Å². The minimum Gasteiger partial charge on any atom is -0.306 e. The molecule has 4 rings (SSSR count). The minimum atomic E-state index is -0.219. The number of nitrogens with zero attached hydrogens (tertiary/aromatic N) is 4. The summed E-state index contributed by atoms with van der Waals surface area (Å²) in [5.74, 6) is 0.990. The lowest BCUT2D eigenvalue weighted by atomic mass is 9.97. The lowest BCUT2D eigenvalue weighted by Gasteiger charge is -2.29. The van der Waals surface area contributed by atoms with Crippen LogP contribution in [0.25, 0.3) is 11.3 Å². The monoisotopic (exact) mass is 362 g/mol. The number of likely N-dealkylation sites (tertiary alicyclic amines) is 1. The zero-order valence-electron chi connectivity index (χ0n) is 15.5. The van der Waals surface area contributed by atoms with Crippen molar-refractivity contribution in [2.75, 3.05) is 20.1 Å². The lowest BCUT2D eigenvalue weighted by Crippen LogP contribution is -2.31. The van der Waals surface area contributed by atoms with E-state index in [2.05, 4.69) is 16.9 Å². The lowest BCUT2D eigenvalue weighted by molar-refractivity contribution is 0.245. The highest BCUT2D eigenvalue weighted by Gasteiger charge is 2.22. The first-order chi connectivity index (χ1) is 13.2. The molecule has 0 spiro atoms. The Morgan fingerprint density at radius 1 is 1.15 bits per heavy atom. The van der Waals surface area contributed by atoms with Crippen LogP contribution < -0.4 is 0 Å². The number of rotatable bonds is 4. The SMILES string of the molecule is CN1CCCC(c2nc(Cc3cccc(F)c3)cc(-c3cccnc3)n2)C1. The molecule has 0 saturated carbocycles. The molecule has 1 fully saturated rings. The number of aromatic nitrogens is 3. The molecule has 4 nitrogen and oxygen atoms in total. The van der Waals surface area contributed by atoms with E-state index in [4.69, 9.17) is 9.97 Å². The third kappa shape index (κ3) is 4.37. The van der Waals surface area contributed by atoms with Crippen LogP contribution in [0.15, 0.2) is 54.9 Å². The van der Waals surface area contributed by atoms with Crippen LogP contribution in [0.4, 0.5) is 4.39 Å². The van der Waals surface area contributed by atoms with Crippen LogP contribution in [0, 0.1) is 5.82 Å². The molecule has 1 aromatic carbocycles. The number of piperidine rings is 1. The van der Waals surface area contributed by atoms with Crippen LogP contribution in [0.5, 0.6) is 0 Å². The Morgan fingerprint density at radius 2 is 2.07 bits per heavy atom. The van der Waals surface area contributed by atoms with Crippen LogP contribution >= 0.6 is 0 Å². The molecule has 1 saturated heterocycles. The Morgan fingerprint density at radius 3 is 2.85 bits per heavy atom. The van der Waals surface area contributed by atoms with Crippen molar-refractivity contribution >= 4 is 0 Å². The number of hydrogen-bond donors (Lipinski definition) is 0. The van der Waals surface area contributed by atoms with Crippen molar-refractivity contribution in [1.82, 2.24) is 19.9 Å². The normalized spacial score (nSPS) is 17.8. The zero-order valence-corrected chi connectivity index (χ0v) is 15.5. The Balaban J connectivity index is 1.72. The van der Waals surface area contributed by atoms with Gasteiger partial charge < -0.3 is 4.90 Å². The van der Waals surface area contributed by atoms with E-state index in [0.717, 1.165) is 54.3 Å². The van der Waals surface area contributed by atoms with Gasteiger partial charge in [0.25, 0.3) is 0 Å². The van der Waals surface area contributed by atoms with E-state index in [0.29, 0.717) is 12.3 Å². The van der Waals surface area contributed by atoms with Gasteiger partial charge in [-0.1, -0.05) is 12.1 Å². The van der Waals surface area contributed by atoms with Gasteiger partial charge in [0.2, 0.25) is 0 Å². The summed E-state index contributed by atoms with van der Waals surface area (Å²) in [4.78, 5) is 16.3. The van der Waals surface area contributed by atoms with Gasteiger partial charge in [0, 0.05) is 42.5 Å². The highest BCUT2D eigenvalue weighted by molar-refractivity contribution is 5.58. The first kappa shape index (κ1) is 17.7. The Kier molecular flexibility index (Phi) is 5.21. The van der Waals surface area contributed by atoms with Crippen molar-refractivity contribution in [2.45, 2.75) is 25.2 Å². The molecule has 1 atom stereocenters. The third-order valence-corrected chi connectivity index (χ3v) is 5.02. The van der Waals surface area contributed by atoms with E-state index in [1.807, 2.05) is 30.5 Å². The van der Waals surface area contributed by atoms with Gasteiger partial charge in [0.15, 0.2) is 0 Å². The quantitative estimate of drug-likeness (QED) is 0.701. The van der Waals surface area contributed by atoms with Gasteiger partial charge in [-0.05, 0) is 62.3 Å². The number of halogens is 1. The average molecular weight is 362 g/mol. The molecule has 0 radical (unpaired) electrons. The zero-order chi connectivity index (χ0) is 18.6.